The summed E-state index contributed by atoms with van der Waals surface area (Å²) in [6.45, 7) is 9.14. The summed E-state index contributed by atoms with van der Waals surface area (Å²) in [6, 6.07) is 10.1. The van der Waals surface area contributed by atoms with Crippen LogP contribution >= 0.6 is 23.4 Å². The number of benzene rings is 2. The van der Waals surface area contributed by atoms with Crippen molar-refractivity contribution >= 4 is 46.8 Å². The number of alkyl halides is 2. The summed E-state index contributed by atoms with van der Waals surface area (Å²) in [5.74, 6) is -1.30. The Bertz CT molecular complexity index is 1330. The summed E-state index contributed by atoms with van der Waals surface area (Å²) in [5.41, 5.74) is 6.85. The number of guanidine groups is 1. The number of amides is 2. The van der Waals surface area contributed by atoms with Gasteiger partial charge in [0.2, 0.25) is 11.9 Å². The third-order valence-corrected chi connectivity index (χ3v) is 8.65. The Labute approximate surface area is 262 Å². The third kappa shape index (κ3) is 8.47. The number of carbonyl (C=O) groups excluding carboxylic acids is 2. The lowest BCUT2D eigenvalue weighted by Crippen LogP contribution is -2.54. The largest absolute Gasteiger partial charge is 0.332 e. The van der Waals surface area contributed by atoms with Gasteiger partial charge in [0.1, 0.15) is 12.7 Å². The minimum absolute atomic E-state index is 0.0212. The molecule has 4 rings (SSSR count). The Morgan fingerprint density at radius 2 is 1.74 bits per heavy atom. The highest BCUT2D eigenvalue weighted by Crippen LogP contribution is 2.34. The van der Waals surface area contributed by atoms with Crippen LogP contribution in [-0.4, -0.2) is 65.3 Å². The quantitative estimate of drug-likeness (QED) is 0.267. The second-order valence-corrected chi connectivity index (χ2v) is 12.4. The van der Waals surface area contributed by atoms with Crippen molar-refractivity contribution in [1.82, 2.24) is 20.2 Å². The van der Waals surface area contributed by atoms with Crippen LogP contribution < -0.4 is 10.7 Å². The molecule has 2 aromatic rings. The summed E-state index contributed by atoms with van der Waals surface area (Å²) in [7, 11) is 0. The van der Waals surface area contributed by atoms with E-state index in [2.05, 4.69) is 41.6 Å². The highest BCUT2D eigenvalue weighted by Gasteiger charge is 2.35. The molecule has 0 spiro atoms. The number of hydrogen-bond donors (Lipinski definition) is 2. The van der Waals surface area contributed by atoms with E-state index < -0.39 is 18.0 Å². The molecule has 0 fully saturated rings. The fourth-order valence-electron chi connectivity index (χ4n) is 5.24. The summed E-state index contributed by atoms with van der Waals surface area (Å²) < 4.78 is 27.5. The lowest BCUT2D eigenvalue weighted by atomic mass is 10.1. The van der Waals surface area contributed by atoms with Crippen molar-refractivity contribution in [3.8, 4) is 0 Å². The SMILES string of the molecule is CCCN(CCC)CC(=O)N1NC(c2ccc3c(c2)CSC3)N=C1N(CCC)CC(=O)Nc1ccc(C(C)(F)F)cc1Cl. The van der Waals surface area contributed by atoms with Crippen molar-refractivity contribution in [2.45, 2.75) is 70.6 Å². The number of anilines is 1. The number of aliphatic imine (C=N–C) groups is 1. The highest BCUT2D eigenvalue weighted by atomic mass is 35.5. The molecule has 2 aromatic carbocycles. The van der Waals surface area contributed by atoms with Crippen LogP contribution in [0, 0.1) is 0 Å². The fraction of sp³-hybridized carbons (Fsp3) is 0.516. The van der Waals surface area contributed by atoms with Crippen LogP contribution in [0.1, 0.15) is 75.4 Å². The number of carbonyl (C=O) groups is 2. The molecule has 2 aliphatic heterocycles. The molecule has 0 bridgehead atoms. The molecule has 43 heavy (non-hydrogen) atoms. The first kappa shape index (κ1) is 33.2. The van der Waals surface area contributed by atoms with Crippen LogP contribution in [0.4, 0.5) is 14.5 Å². The highest BCUT2D eigenvalue weighted by molar-refractivity contribution is 7.98. The smallest absolute Gasteiger partial charge is 0.270 e. The summed E-state index contributed by atoms with van der Waals surface area (Å²) >= 11 is 8.11. The second kappa shape index (κ2) is 14.8. The van der Waals surface area contributed by atoms with Crippen molar-refractivity contribution in [2.75, 3.05) is 38.0 Å². The van der Waals surface area contributed by atoms with Gasteiger partial charge in [0.15, 0.2) is 0 Å². The van der Waals surface area contributed by atoms with Crippen LogP contribution in [0.15, 0.2) is 41.4 Å². The van der Waals surface area contributed by atoms with Gasteiger partial charge in [-0.25, -0.2) is 18.8 Å². The molecule has 0 saturated carbocycles. The molecule has 0 saturated heterocycles. The molecule has 2 aliphatic rings. The van der Waals surface area contributed by atoms with E-state index in [-0.39, 0.29) is 35.3 Å². The standard InChI is InChI=1S/C31H41ClF2N6O2S/c1-5-12-38(13-6-2)18-28(42)40-30(36-29(37-40)21-8-9-22-19-43-20-23(22)15-21)39(14-7-3)17-27(41)35-26-11-10-24(16-25(26)32)31(4,33)34/h8-11,15-16,29,37H,5-7,12-14,17-20H2,1-4H3,(H,35,41). The van der Waals surface area contributed by atoms with E-state index in [1.165, 1.54) is 28.3 Å². The summed E-state index contributed by atoms with van der Waals surface area (Å²) in [5, 5.41) is 4.24. The second-order valence-electron chi connectivity index (χ2n) is 11.0. The molecular weight excluding hydrogens is 594 g/mol. The monoisotopic (exact) mass is 634 g/mol. The van der Waals surface area contributed by atoms with Crippen LogP contribution in [0.5, 0.6) is 0 Å². The predicted octanol–water partition coefficient (Wildman–Crippen LogP) is 6.37. The average Bonchev–Trinajstić information content (AvgIpc) is 3.61. The number of fused-ring (bicyclic) bond motifs is 1. The van der Waals surface area contributed by atoms with Gasteiger partial charge in [-0.1, -0.05) is 56.6 Å². The van der Waals surface area contributed by atoms with Gasteiger partial charge in [-0.15, -0.1) is 0 Å². The minimum Gasteiger partial charge on any atom is -0.332 e. The first-order valence-electron chi connectivity index (χ1n) is 14.8. The number of rotatable bonds is 13. The minimum atomic E-state index is -3.05. The molecule has 234 valence electrons. The first-order chi connectivity index (χ1) is 20.5. The van der Waals surface area contributed by atoms with E-state index in [4.69, 9.17) is 16.6 Å². The van der Waals surface area contributed by atoms with Crippen LogP contribution in [0.25, 0.3) is 0 Å². The predicted molar refractivity (Wildman–Crippen MR) is 170 cm³/mol. The third-order valence-electron chi connectivity index (χ3n) is 7.31. The normalized spacial score (nSPS) is 16.4. The van der Waals surface area contributed by atoms with Crippen molar-refractivity contribution in [2.24, 2.45) is 4.99 Å². The van der Waals surface area contributed by atoms with Gasteiger partial charge in [0, 0.05) is 30.5 Å². The molecule has 8 nitrogen and oxygen atoms in total. The van der Waals surface area contributed by atoms with Gasteiger partial charge in [-0.05, 0) is 61.2 Å². The summed E-state index contributed by atoms with van der Waals surface area (Å²) in [6.07, 6.45) is 2.08. The zero-order valence-electron chi connectivity index (χ0n) is 25.3. The Morgan fingerprint density at radius 1 is 1.05 bits per heavy atom. The van der Waals surface area contributed by atoms with Gasteiger partial charge >= 0.3 is 0 Å². The van der Waals surface area contributed by atoms with Crippen molar-refractivity contribution in [1.29, 1.82) is 0 Å². The number of thioether (sulfide) groups is 1. The van der Waals surface area contributed by atoms with Gasteiger partial charge in [0.25, 0.3) is 11.8 Å². The van der Waals surface area contributed by atoms with E-state index in [1.54, 1.807) is 4.90 Å². The molecule has 12 heteroatoms. The van der Waals surface area contributed by atoms with Crippen molar-refractivity contribution < 1.29 is 18.4 Å². The number of hydrazine groups is 1. The van der Waals surface area contributed by atoms with Crippen LogP contribution in [0.2, 0.25) is 5.02 Å². The van der Waals surface area contributed by atoms with E-state index in [0.29, 0.717) is 18.9 Å². The molecule has 2 heterocycles. The number of hydrogen-bond acceptors (Lipinski definition) is 7. The zero-order valence-corrected chi connectivity index (χ0v) is 26.8. The fourth-order valence-corrected chi connectivity index (χ4v) is 6.56. The Kier molecular flexibility index (Phi) is 11.4. The van der Waals surface area contributed by atoms with Gasteiger partial charge in [0.05, 0.1) is 17.3 Å². The molecular formula is C31H41ClF2N6O2S. The molecule has 2 N–H and O–H groups in total. The molecule has 1 unspecified atom stereocenters. The summed E-state index contributed by atoms with van der Waals surface area (Å²) in [4.78, 5) is 35.8. The molecule has 0 aliphatic carbocycles. The van der Waals surface area contributed by atoms with Gasteiger partial charge in [-0.2, -0.15) is 17.2 Å². The number of nitrogens with one attached hydrogen (secondary N) is 2. The first-order valence-corrected chi connectivity index (χ1v) is 16.4. The van der Waals surface area contributed by atoms with Crippen molar-refractivity contribution in [3.05, 3.63) is 63.7 Å². The van der Waals surface area contributed by atoms with E-state index >= 15 is 0 Å². The Hall–Kier alpha value is -2.73. The maximum absolute atomic E-state index is 13.8. The van der Waals surface area contributed by atoms with Crippen LogP contribution in [-0.2, 0) is 27.0 Å². The van der Waals surface area contributed by atoms with Crippen LogP contribution in [0.3, 0.4) is 0 Å². The number of halogens is 3. The van der Waals surface area contributed by atoms with Gasteiger partial charge in [-0.3, -0.25) is 14.5 Å². The molecule has 1 atom stereocenters. The Balaban J connectivity index is 1.58. The van der Waals surface area contributed by atoms with E-state index in [9.17, 15) is 18.4 Å². The molecule has 0 aromatic heterocycles. The van der Waals surface area contributed by atoms with E-state index in [1.807, 2.05) is 24.8 Å². The lowest BCUT2D eigenvalue weighted by molar-refractivity contribution is -0.131. The maximum atomic E-state index is 13.8. The molecule has 2 amide bonds. The van der Waals surface area contributed by atoms with E-state index in [0.717, 1.165) is 56.0 Å². The molecule has 0 radical (unpaired) electrons. The van der Waals surface area contributed by atoms with Crippen molar-refractivity contribution in [3.63, 3.8) is 0 Å². The topological polar surface area (TPSA) is 80.3 Å². The average molecular weight is 635 g/mol. The maximum Gasteiger partial charge on any atom is 0.270 e. The number of nitrogens with zero attached hydrogens (tertiary/aromatic N) is 4. The Morgan fingerprint density at radius 3 is 2.40 bits per heavy atom. The van der Waals surface area contributed by atoms with Gasteiger partial charge < -0.3 is 10.2 Å². The zero-order chi connectivity index (χ0) is 31.1. The lowest BCUT2D eigenvalue weighted by Gasteiger charge is -2.30.